The maximum Gasteiger partial charge on any atom is 0.113 e. The van der Waals surface area contributed by atoms with E-state index in [1.54, 1.807) is 0 Å². The van der Waals surface area contributed by atoms with Crippen molar-refractivity contribution in [2.24, 2.45) is 5.92 Å². The Bertz CT molecular complexity index is 204. The van der Waals surface area contributed by atoms with Crippen molar-refractivity contribution in [3.8, 4) is 0 Å². The molecular formula is C10H16O2. The first-order valence-electron chi connectivity index (χ1n) is 5.19. The van der Waals surface area contributed by atoms with Gasteiger partial charge in [-0.05, 0) is 31.6 Å². The van der Waals surface area contributed by atoms with Crippen LogP contribution in [-0.4, -0.2) is 22.9 Å². The first-order chi connectivity index (χ1) is 5.83. The molecule has 68 valence electrons. The molecule has 1 aliphatic heterocycles. The van der Waals surface area contributed by atoms with E-state index < -0.39 is 0 Å². The van der Waals surface area contributed by atoms with E-state index in [4.69, 9.17) is 4.74 Å². The second-order valence-electron chi connectivity index (χ2n) is 4.58. The molecule has 2 nitrogen and oxygen atoms in total. The molecule has 1 spiro atoms. The van der Waals surface area contributed by atoms with Gasteiger partial charge in [0, 0.05) is 0 Å². The Hall–Kier alpha value is -0.0800. The van der Waals surface area contributed by atoms with Gasteiger partial charge < -0.3 is 9.84 Å². The maximum atomic E-state index is 9.63. The van der Waals surface area contributed by atoms with Crippen LogP contribution in [0.5, 0.6) is 0 Å². The Balaban J connectivity index is 1.84. The van der Waals surface area contributed by atoms with Crippen LogP contribution in [0, 0.1) is 5.92 Å². The monoisotopic (exact) mass is 168 g/mol. The van der Waals surface area contributed by atoms with Gasteiger partial charge in [0.15, 0.2) is 0 Å². The summed E-state index contributed by atoms with van der Waals surface area (Å²) in [5, 5.41) is 9.63. The van der Waals surface area contributed by atoms with Crippen molar-refractivity contribution in [3.05, 3.63) is 0 Å². The van der Waals surface area contributed by atoms with Crippen molar-refractivity contribution in [1.29, 1.82) is 0 Å². The van der Waals surface area contributed by atoms with Gasteiger partial charge in [-0.1, -0.05) is 12.8 Å². The fourth-order valence-corrected chi connectivity index (χ4v) is 3.29. The molecule has 0 radical (unpaired) electrons. The van der Waals surface area contributed by atoms with E-state index in [1.807, 2.05) is 0 Å². The lowest BCUT2D eigenvalue weighted by Crippen LogP contribution is -2.39. The van der Waals surface area contributed by atoms with E-state index in [0.29, 0.717) is 0 Å². The first kappa shape index (κ1) is 7.34. The van der Waals surface area contributed by atoms with E-state index in [-0.39, 0.29) is 17.8 Å². The van der Waals surface area contributed by atoms with Crippen molar-refractivity contribution in [2.75, 3.05) is 0 Å². The van der Waals surface area contributed by atoms with Gasteiger partial charge in [0.25, 0.3) is 0 Å². The molecule has 3 aliphatic rings. The number of aliphatic hydroxyl groups excluding tert-OH is 1. The topological polar surface area (TPSA) is 32.8 Å². The van der Waals surface area contributed by atoms with E-state index in [9.17, 15) is 5.11 Å². The fourth-order valence-electron chi connectivity index (χ4n) is 3.29. The SMILES string of the molecule is O[C@H]1CC[C@H]2CCCC[C@@]23O[C@@H]13. The summed E-state index contributed by atoms with van der Waals surface area (Å²) in [6, 6.07) is 0. The van der Waals surface area contributed by atoms with Gasteiger partial charge in [-0.15, -0.1) is 0 Å². The van der Waals surface area contributed by atoms with E-state index in [1.165, 1.54) is 32.1 Å². The number of ether oxygens (including phenoxy) is 1. The van der Waals surface area contributed by atoms with Gasteiger partial charge in [-0.2, -0.15) is 0 Å². The van der Waals surface area contributed by atoms with Crippen LogP contribution in [0.4, 0.5) is 0 Å². The van der Waals surface area contributed by atoms with Gasteiger partial charge >= 0.3 is 0 Å². The molecule has 1 saturated heterocycles. The number of aliphatic hydroxyl groups is 1. The first-order valence-corrected chi connectivity index (χ1v) is 5.19. The summed E-state index contributed by atoms with van der Waals surface area (Å²) < 4.78 is 5.73. The third-order valence-corrected chi connectivity index (χ3v) is 3.99. The molecule has 12 heavy (non-hydrogen) atoms. The Morgan fingerprint density at radius 1 is 1.17 bits per heavy atom. The highest BCUT2D eigenvalue weighted by Gasteiger charge is 2.65. The molecule has 2 saturated carbocycles. The summed E-state index contributed by atoms with van der Waals surface area (Å²) in [4.78, 5) is 0. The molecule has 0 amide bonds. The van der Waals surface area contributed by atoms with Gasteiger partial charge in [-0.25, -0.2) is 0 Å². The number of epoxide rings is 1. The lowest BCUT2D eigenvalue weighted by molar-refractivity contribution is 0.0965. The molecule has 0 aromatic rings. The van der Waals surface area contributed by atoms with Gasteiger partial charge in [0.1, 0.15) is 11.7 Å². The third-order valence-electron chi connectivity index (χ3n) is 3.99. The molecule has 1 heterocycles. The Morgan fingerprint density at radius 3 is 3.00 bits per heavy atom. The second kappa shape index (κ2) is 2.24. The second-order valence-corrected chi connectivity index (χ2v) is 4.58. The molecule has 0 unspecified atom stereocenters. The standard InChI is InChI=1S/C10H16O2/c11-8-5-4-7-3-1-2-6-10(7)9(8)12-10/h7-9,11H,1-6H2/t7-,8+,9+,10-/m1/s1. The molecule has 3 fully saturated rings. The zero-order chi connectivity index (χ0) is 8.18. The molecule has 0 aromatic heterocycles. The molecular weight excluding hydrogens is 152 g/mol. The highest BCUT2D eigenvalue weighted by atomic mass is 16.6. The fraction of sp³-hybridized carbons (Fsp3) is 1.00. The van der Waals surface area contributed by atoms with Crippen LogP contribution in [0.25, 0.3) is 0 Å². The number of hydrogen-bond acceptors (Lipinski definition) is 2. The lowest BCUT2D eigenvalue weighted by atomic mass is 9.70. The Kier molecular flexibility index (Phi) is 1.37. The minimum Gasteiger partial charge on any atom is -0.390 e. The van der Waals surface area contributed by atoms with Crippen molar-refractivity contribution in [1.82, 2.24) is 0 Å². The number of hydrogen-bond donors (Lipinski definition) is 1. The summed E-state index contributed by atoms with van der Waals surface area (Å²) >= 11 is 0. The normalized spacial score (nSPS) is 57.2. The largest absolute Gasteiger partial charge is 0.390 e. The Morgan fingerprint density at radius 2 is 2.08 bits per heavy atom. The van der Waals surface area contributed by atoms with Crippen molar-refractivity contribution in [2.45, 2.75) is 56.3 Å². The van der Waals surface area contributed by atoms with Crippen LogP contribution in [0.15, 0.2) is 0 Å². The van der Waals surface area contributed by atoms with Gasteiger partial charge in [-0.3, -0.25) is 0 Å². The van der Waals surface area contributed by atoms with Crippen molar-refractivity contribution >= 4 is 0 Å². The minimum absolute atomic E-state index is 0.153. The minimum atomic E-state index is -0.153. The molecule has 3 rings (SSSR count). The Labute approximate surface area is 72.9 Å². The van der Waals surface area contributed by atoms with E-state index in [0.717, 1.165) is 12.3 Å². The molecule has 1 N–H and O–H groups in total. The average Bonchev–Trinajstić information content (AvgIpc) is 2.80. The predicted octanol–water partition coefficient (Wildman–Crippen LogP) is 1.47. The van der Waals surface area contributed by atoms with Crippen LogP contribution >= 0.6 is 0 Å². The van der Waals surface area contributed by atoms with Crippen LogP contribution < -0.4 is 0 Å². The summed E-state index contributed by atoms with van der Waals surface area (Å²) in [6.45, 7) is 0. The van der Waals surface area contributed by atoms with Crippen LogP contribution in [0.1, 0.15) is 38.5 Å². The van der Waals surface area contributed by atoms with Gasteiger partial charge in [0.2, 0.25) is 0 Å². The van der Waals surface area contributed by atoms with Gasteiger partial charge in [0.05, 0.1) is 6.10 Å². The van der Waals surface area contributed by atoms with E-state index >= 15 is 0 Å². The van der Waals surface area contributed by atoms with Crippen LogP contribution in [-0.2, 0) is 4.74 Å². The highest BCUT2D eigenvalue weighted by molar-refractivity contribution is 5.14. The lowest BCUT2D eigenvalue weighted by Gasteiger charge is -2.33. The maximum absolute atomic E-state index is 9.63. The third kappa shape index (κ3) is 0.775. The average molecular weight is 168 g/mol. The predicted molar refractivity (Wildman–Crippen MR) is 44.8 cm³/mol. The zero-order valence-corrected chi connectivity index (χ0v) is 7.33. The smallest absolute Gasteiger partial charge is 0.113 e. The molecule has 2 heteroatoms. The van der Waals surface area contributed by atoms with Crippen LogP contribution in [0.2, 0.25) is 0 Å². The molecule has 0 bridgehead atoms. The molecule has 4 atom stereocenters. The van der Waals surface area contributed by atoms with Crippen molar-refractivity contribution < 1.29 is 9.84 Å². The quantitative estimate of drug-likeness (QED) is 0.555. The number of rotatable bonds is 0. The summed E-state index contributed by atoms with van der Waals surface area (Å²) in [5.74, 6) is 0.777. The molecule has 2 aliphatic carbocycles. The zero-order valence-electron chi connectivity index (χ0n) is 7.33. The summed E-state index contributed by atoms with van der Waals surface area (Å²) in [6.07, 6.45) is 7.45. The summed E-state index contributed by atoms with van der Waals surface area (Å²) in [5.41, 5.74) is 0.163. The van der Waals surface area contributed by atoms with E-state index in [2.05, 4.69) is 0 Å². The molecule has 0 aromatic carbocycles. The van der Waals surface area contributed by atoms with Crippen LogP contribution in [0.3, 0.4) is 0 Å². The van der Waals surface area contributed by atoms with Crippen molar-refractivity contribution in [3.63, 3.8) is 0 Å². The highest BCUT2D eigenvalue weighted by Crippen LogP contribution is 2.57. The summed E-state index contributed by atoms with van der Waals surface area (Å²) in [7, 11) is 0.